The minimum absolute atomic E-state index is 0.301. The van der Waals surface area contributed by atoms with Crippen molar-refractivity contribution in [1.29, 1.82) is 0 Å². The lowest BCUT2D eigenvalue weighted by molar-refractivity contribution is 0.1000. The Morgan fingerprint density at radius 2 is 1.80 bits per heavy atom. The molecule has 0 saturated carbocycles. The van der Waals surface area contributed by atoms with Crippen LogP contribution in [0.25, 0.3) is 0 Å². The van der Waals surface area contributed by atoms with Gasteiger partial charge in [0.1, 0.15) is 0 Å². The van der Waals surface area contributed by atoms with Gasteiger partial charge in [-0.3, -0.25) is 0 Å². The average Bonchev–Trinajstić information content (AvgIpc) is 2.49. The molecule has 0 N–H and O–H groups in total. The Kier molecular flexibility index (Phi) is 4.96. The zero-order valence-corrected chi connectivity index (χ0v) is 13.0. The normalized spacial score (nSPS) is 21.1. The summed E-state index contributed by atoms with van der Waals surface area (Å²) in [5, 5.41) is 1.57. The first-order chi connectivity index (χ1) is 9.81. The summed E-state index contributed by atoms with van der Waals surface area (Å²) in [6.45, 7) is 3.69. The van der Waals surface area contributed by atoms with Crippen LogP contribution < -0.4 is 4.90 Å². The number of ether oxygens (including phenoxy) is 1. The van der Waals surface area contributed by atoms with Gasteiger partial charge in [-0.2, -0.15) is 15.0 Å². The van der Waals surface area contributed by atoms with Gasteiger partial charge in [-0.25, -0.2) is 0 Å². The van der Waals surface area contributed by atoms with Crippen LogP contribution in [-0.4, -0.2) is 46.5 Å². The maximum atomic E-state index is 6.06. The second-order valence-corrected chi connectivity index (χ2v) is 6.77. The van der Waals surface area contributed by atoms with Gasteiger partial charge in [-0.15, -0.1) is 0 Å². The van der Waals surface area contributed by atoms with Crippen LogP contribution in [0.3, 0.4) is 0 Å². The first-order valence-corrected chi connectivity index (χ1v) is 8.48. The average molecular weight is 315 g/mol. The van der Waals surface area contributed by atoms with Crippen molar-refractivity contribution < 1.29 is 4.74 Å². The van der Waals surface area contributed by atoms with E-state index in [1.807, 2.05) is 0 Å². The first-order valence-electron chi connectivity index (χ1n) is 7.22. The lowest BCUT2D eigenvalue weighted by atomic mass is 10.1. The van der Waals surface area contributed by atoms with Crippen molar-refractivity contribution in [2.75, 3.05) is 31.2 Å². The quantitative estimate of drug-likeness (QED) is 0.855. The molecule has 0 radical (unpaired) electrons. The van der Waals surface area contributed by atoms with Crippen LogP contribution in [0.5, 0.6) is 0 Å². The molecule has 3 heterocycles. The monoisotopic (exact) mass is 314 g/mol. The van der Waals surface area contributed by atoms with Crippen LogP contribution in [0, 0.1) is 0 Å². The lowest BCUT2D eigenvalue weighted by Crippen LogP contribution is -2.31. The molecule has 110 valence electrons. The first kappa shape index (κ1) is 14.4. The maximum Gasteiger partial charge on any atom is 0.230 e. The molecular weight excluding hydrogens is 296 g/mol. The summed E-state index contributed by atoms with van der Waals surface area (Å²) in [4.78, 5) is 15.3. The zero-order chi connectivity index (χ0) is 13.8. The molecule has 2 aliphatic rings. The van der Waals surface area contributed by atoms with Gasteiger partial charge in [-0.05, 0) is 43.7 Å². The number of piperidine rings is 1. The van der Waals surface area contributed by atoms with Crippen LogP contribution in [0.15, 0.2) is 5.16 Å². The van der Waals surface area contributed by atoms with E-state index >= 15 is 0 Å². The van der Waals surface area contributed by atoms with Crippen LogP contribution in [0.2, 0.25) is 5.28 Å². The van der Waals surface area contributed by atoms with Crippen molar-refractivity contribution in [1.82, 2.24) is 15.0 Å². The predicted molar refractivity (Wildman–Crippen MR) is 80.6 cm³/mol. The smallest absolute Gasteiger partial charge is 0.230 e. The fraction of sp³-hybridized carbons (Fsp3) is 0.769. The molecule has 5 nitrogen and oxygen atoms in total. The molecule has 2 fully saturated rings. The third-order valence-corrected chi connectivity index (χ3v) is 5.02. The molecule has 0 bridgehead atoms. The number of anilines is 1. The summed E-state index contributed by atoms with van der Waals surface area (Å²) in [6.07, 6.45) is 5.79. The molecule has 0 unspecified atom stereocenters. The van der Waals surface area contributed by atoms with Crippen LogP contribution in [0.4, 0.5) is 5.95 Å². The van der Waals surface area contributed by atoms with Crippen LogP contribution in [-0.2, 0) is 4.74 Å². The molecule has 7 heteroatoms. The van der Waals surface area contributed by atoms with Gasteiger partial charge in [0.15, 0.2) is 5.16 Å². The van der Waals surface area contributed by atoms with Crippen molar-refractivity contribution in [3.8, 4) is 0 Å². The summed E-state index contributed by atoms with van der Waals surface area (Å²) in [6, 6.07) is 0. The third kappa shape index (κ3) is 3.74. The molecule has 3 rings (SSSR count). The Hall–Kier alpha value is -0.590. The maximum absolute atomic E-state index is 6.06. The highest BCUT2D eigenvalue weighted by Gasteiger charge is 2.20. The Bertz CT molecular complexity index is 450. The molecule has 1 aromatic rings. The highest BCUT2D eigenvalue weighted by Crippen LogP contribution is 2.29. The Morgan fingerprint density at radius 1 is 1.05 bits per heavy atom. The number of thioether (sulfide) groups is 1. The van der Waals surface area contributed by atoms with Crippen molar-refractivity contribution in [2.24, 2.45) is 0 Å². The van der Waals surface area contributed by atoms with E-state index in [-0.39, 0.29) is 0 Å². The molecule has 0 amide bonds. The standard InChI is InChI=1S/C13H19ClN4OS/c14-11-15-12(18-6-2-1-3-7-18)17-13(16-11)20-10-4-8-19-9-5-10/h10H,1-9H2. The molecule has 0 spiro atoms. The van der Waals surface area contributed by atoms with Crippen LogP contribution >= 0.6 is 23.4 Å². The molecule has 0 atom stereocenters. The number of nitrogens with zero attached hydrogens (tertiary/aromatic N) is 4. The molecule has 2 saturated heterocycles. The van der Waals surface area contributed by atoms with E-state index in [9.17, 15) is 0 Å². The Labute approximate surface area is 128 Å². The minimum atomic E-state index is 0.301. The summed E-state index contributed by atoms with van der Waals surface area (Å²) >= 11 is 7.76. The highest BCUT2D eigenvalue weighted by molar-refractivity contribution is 7.99. The molecule has 0 aliphatic carbocycles. The number of rotatable bonds is 3. The van der Waals surface area contributed by atoms with E-state index in [1.54, 1.807) is 11.8 Å². The van der Waals surface area contributed by atoms with Gasteiger partial charge in [0.05, 0.1) is 0 Å². The Morgan fingerprint density at radius 3 is 2.55 bits per heavy atom. The predicted octanol–water partition coefficient (Wildman–Crippen LogP) is 2.79. The van der Waals surface area contributed by atoms with E-state index in [4.69, 9.17) is 16.3 Å². The number of hydrogen-bond acceptors (Lipinski definition) is 6. The van der Waals surface area contributed by atoms with Gasteiger partial charge in [-0.1, -0.05) is 11.8 Å². The van der Waals surface area contributed by atoms with Crippen molar-refractivity contribution in [3.63, 3.8) is 0 Å². The molecule has 20 heavy (non-hydrogen) atoms. The van der Waals surface area contributed by atoms with E-state index in [1.165, 1.54) is 19.3 Å². The molecule has 2 aliphatic heterocycles. The fourth-order valence-electron chi connectivity index (χ4n) is 2.55. The van der Waals surface area contributed by atoms with Crippen molar-refractivity contribution in [2.45, 2.75) is 42.5 Å². The van der Waals surface area contributed by atoms with E-state index < -0.39 is 0 Å². The van der Waals surface area contributed by atoms with Gasteiger partial charge < -0.3 is 9.64 Å². The lowest BCUT2D eigenvalue weighted by Gasteiger charge is -2.27. The summed E-state index contributed by atoms with van der Waals surface area (Å²) < 4.78 is 5.38. The van der Waals surface area contributed by atoms with Gasteiger partial charge in [0.2, 0.25) is 11.2 Å². The van der Waals surface area contributed by atoms with E-state index in [0.717, 1.165) is 50.2 Å². The number of aromatic nitrogens is 3. The molecular formula is C13H19ClN4OS. The molecule has 1 aromatic heterocycles. The van der Waals surface area contributed by atoms with Crippen molar-refractivity contribution in [3.05, 3.63) is 5.28 Å². The third-order valence-electron chi connectivity index (χ3n) is 3.66. The van der Waals surface area contributed by atoms with Gasteiger partial charge in [0.25, 0.3) is 0 Å². The van der Waals surface area contributed by atoms with E-state index in [2.05, 4.69) is 19.9 Å². The fourth-order valence-corrected chi connectivity index (χ4v) is 3.76. The highest BCUT2D eigenvalue weighted by atomic mass is 35.5. The minimum Gasteiger partial charge on any atom is -0.381 e. The Balaban J connectivity index is 1.71. The number of halogens is 1. The second kappa shape index (κ2) is 6.91. The second-order valence-electron chi connectivity index (χ2n) is 5.16. The summed E-state index contributed by atoms with van der Waals surface area (Å²) in [5.74, 6) is 0.735. The molecule has 0 aromatic carbocycles. The van der Waals surface area contributed by atoms with Gasteiger partial charge >= 0.3 is 0 Å². The SMILES string of the molecule is Clc1nc(SC2CCOCC2)nc(N2CCCCC2)n1. The van der Waals surface area contributed by atoms with Gasteiger partial charge in [0, 0.05) is 31.6 Å². The largest absolute Gasteiger partial charge is 0.381 e. The summed E-state index contributed by atoms with van der Waals surface area (Å²) in [7, 11) is 0. The number of hydrogen-bond donors (Lipinski definition) is 0. The van der Waals surface area contributed by atoms with E-state index in [0.29, 0.717) is 10.5 Å². The topological polar surface area (TPSA) is 51.1 Å². The summed E-state index contributed by atoms with van der Waals surface area (Å²) in [5.41, 5.74) is 0. The zero-order valence-electron chi connectivity index (χ0n) is 11.4. The van der Waals surface area contributed by atoms with Crippen molar-refractivity contribution >= 4 is 29.3 Å². The van der Waals surface area contributed by atoms with Crippen LogP contribution in [0.1, 0.15) is 32.1 Å².